The Morgan fingerprint density at radius 2 is 2.00 bits per heavy atom. The molecule has 2 N–H and O–H groups in total. The second-order valence-electron chi connectivity index (χ2n) is 3.74. The predicted molar refractivity (Wildman–Crippen MR) is 59.9 cm³/mol. The molecule has 3 nitrogen and oxygen atoms in total. The van der Waals surface area contributed by atoms with E-state index in [1.165, 1.54) is 43.4 Å². The van der Waals surface area contributed by atoms with Gasteiger partial charge in [0.15, 0.2) is 0 Å². The van der Waals surface area contributed by atoms with Crippen molar-refractivity contribution in [3.05, 3.63) is 11.1 Å². The van der Waals surface area contributed by atoms with Crippen molar-refractivity contribution in [2.24, 2.45) is 5.92 Å². The summed E-state index contributed by atoms with van der Waals surface area (Å²) in [4.78, 5) is 0. The van der Waals surface area contributed by atoms with Crippen molar-refractivity contribution in [2.45, 2.75) is 32.1 Å². The summed E-state index contributed by atoms with van der Waals surface area (Å²) in [6, 6.07) is 0. The van der Waals surface area contributed by atoms with Gasteiger partial charge in [-0.25, -0.2) is 0 Å². The van der Waals surface area contributed by atoms with Crippen molar-refractivity contribution < 1.29 is 0 Å². The van der Waals surface area contributed by atoms with Crippen LogP contribution in [0.1, 0.15) is 37.1 Å². The van der Waals surface area contributed by atoms with E-state index in [9.17, 15) is 0 Å². The van der Waals surface area contributed by atoms with Crippen LogP contribution in [-0.4, -0.2) is 10.2 Å². The second-order valence-corrected chi connectivity index (χ2v) is 4.78. The lowest BCUT2D eigenvalue weighted by atomic mass is 9.89. The number of nitrogens with zero attached hydrogens (tertiary/aromatic N) is 2. The molecule has 1 saturated carbocycles. The first-order valence-electron chi connectivity index (χ1n) is 5.12. The Morgan fingerprint density at radius 1 is 1.21 bits per heavy atom. The Kier molecular flexibility index (Phi) is 3.14. The van der Waals surface area contributed by atoms with E-state index in [4.69, 9.17) is 5.73 Å². The Hall–Kier alpha value is -0.900. The molecule has 14 heavy (non-hydrogen) atoms. The molecule has 4 heteroatoms. The third-order valence-electron chi connectivity index (χ3n) is 2.62. The number of anilines is 1. The van der Waals surface area contributed by atoms with Crippen LogP contribution in [0.2, 0.25) is 0 Å². The molecule has 0 bridgehead atoms. The van der Waals surface area contributed by atoms with Crippen LogP contribution in [0.5, 0.6) is 0 Å². The molecule has 0 amide bonds. The van der Waals surface area contributed by atoms with Gasteiger partial charge in [0.05, 0.1) is 0 Å². The molecule has 0 unspecified atom stereocenters. The molecule has 2 rings (SSSR count). The second kappa shape index (κ2) is 4.55. The Labute approximate surface area is 88.0 Å². The zero-order valence-corrected chi connectivity index (χ0v) is 8.96. The zero-order valence-electron chi connectivity index (χ0n) is 8.15. The van der Waals surface area contributed by atoms with Crippen LogP contribution in [0.3, 0.4) is 0 Å². The number of hydrogen-bond donors (Lipinski definition) is 1. The van der Waals surface area contributed by atoms with Gasteiger partial charge in [0.25, 0.3) is 0 Å². The number of nitrogens with two attached hydrogens (primary N) is 1. The maximum Gasteiger partial charge on any atom is 0.203 e. The topological polar surface area (TPSA) is 51.8 Å². The molecule has 1 aromatic rings. The van der Waals surface area contributed by atoms with Crippen molar-refractivity contribution in [1.29, 1.82) is 0 Å². The van der Waals surface area contributed by atoms with E-state index in [2.05, 4.69) is 22.3 Å². The van der Waals surface area contributed by atoms with Gasteiger partial charge in [0.1, 0.15) is 5.01 Å². The van der Waals surface area contributed by atoms with Gasteiger partial charge in [-0.3, -0.25) is 0 Å². The standard InChI is InChI=1S/C10H15N3S/c11-10-13-12-9(14-10)7-6-8-4-2-1-3-5-8/h6-8H,1-5H2,(H2,11,13)/b7-6+. The maximum atomic E-state index is 5.50. The number of hydrogen-bond acceptors (Lipinski definition) is 4. The van der Waals surface area contributed by atoms with Gasteiger partial charge >= 0.3 is 0 Å². The van der Waals surface area contributed by atoms with Gasteiger partial charge in [-0.05, 0) is 24.8 Å². The molecule has 0 saturated heterocycles. The third kappa shape index (κ3) is 2.54. The summed E-state index contributed by atoms with van der Waals surface area (Å²) in [5, 5.41) is 9.21. The maximum absolute atomic E-state index is 5.50. The molecule has 0 spiro atoms. The molecule has 76 valence electrons. The van der Waals surface area contributed by atoms with Crippen LogP contribution in [-0.2, 0) is 0 Å². The fourth-order valence-corrected chi connectivity index (χ4v) is 2.38. The van der Waals surface area contributed by atoms with Gasteiger partial charge in [-0.1, -0.05) is 36.7 Å². The van der Waals surface area contributed by atoms with Gasteiger partial charge in [0, 0.05) is 0 Å². The quantitative estimate of drug-likeness (QED) is 0.814. The molecular formula is C10H15N3S. The highest BCUT2D eigenvalue weighted by Crippen LogP contribution is 2.25. The largest absolute Gasteiger partial charge is 0.374 e. The smallest absolute Gasteiger partial charge is 0.203 e. The minimum atomic E-state index is 0.549. The Balaban J connectivity index is 1.92. The van der Waals surface area contributed by atoms with Crippen molar-refractivity contribution >= 4 is 22.5 Å². The van der Waals surface area contributed by atoms with E-state index in [0.717, 1.165) is 10.9 Å². The van der Waals surface area contributed by atoms with Crippen molar-refractivity contribution in [3.63, 3.8) is 0 Å². The summed E-state index contributed by atoms with van der Waals surface area (Å²) in [5.74, 6) is 0.744. The highest BCUT2D eigenvalue weighted by atomic mass is 32.1. The first-order valence-corrected chi connectivity index (χ1v) is 5.93. The molecule has 0 aromatic carbocycles. The number of nitrogen functional groups attached to an aromatic ring is 1. The van der Waals surface area contributed by atoms with E-state index in [0.29, 0.717) is 5.13 Å². The van der Waals surface area contributed by atoms with Crippen molar-refractivity contribution in [1.82, 2.24) is 10.2 Å². The lowest BCUT2D eigenvalue weighted by Crippen LogP contribution is -2.02. The summed E-state index contributed by atoms with van der Waals surface area (Å²) < 4.78 is 0. The van der Waals surface area contributed by atoms with E-state index < -0.39 is 0 Å². The SMILES string of the molecule is Nc1nnc(/C=C/C2CCCCC2)s1. The molecule has 0 radical (unpaired) electrons. The van der Waals surface area contributed by atoms with Crippen LogP contribution in [0, 0.1) is 5.92 Å². The summed E-state index contributed by atoms with van der Waals surface area (Å²) >= 11 is 1.45. The lowest BCUT2D eigenvalue weighted by Gasteiger charge is -2.17. The summed E-state index contributed by atoms with van der Waals surface area (Å²) in [5.41, 5.74) is 5.50. The molecule has 0 atom stereocenters. The van der Waals surface area contributed by atoms with Gasteiger partial charge in [-0.2, -0.15) is 0 Å². The van der Waals surface area contributed by atoms with Crippen LogP contribution in [0.25, 0.3) is 6.08 Å². The minimum Gasteiger partial charge on any atom is -0.374 e. The molecule has 1 aliphatic carbocycles. The normalized spacial score (nSPS) is 19.1. The predicted octanol–water partition coefficient (Wildman–Crippen LogP) is 2.71. The first kappa shape index (κ1) is 9.65. The monoisotopic (exact) mass is 209 g/mol. The summed E-state index contributed by atoms with van der Waals surface area (Å²) in [6.07, 6.45) is 11.1. The molecule has 1 aliphatic rings. The Bertz CT molecular complexity index is 313. The number of allylic oxidation sites excluding steroid dienone is 1. The van der Waals surface area contributed by atoms with Crippen LogP contribution in [0.15, 0.2) is 6.08 Å². The van der Waals surface area contributed by atoms with Gasteiger partial charge < -0.3 is 5.73 Å². The number of aromatic nitrogens is 2. The van der Waals surface area contributed by atoms with Gasteiger partial charge in [-0.15, -0.1) is 10.2 Å². The molecular weight excluding hydrogens is 194 g/mol. The van der Waals surface area contributed by atoms with E-state index >= 15 is 0 Å². The number of rotatable bonds is 2. The summed E-state index contributed by atoms with van der Waals surface area (Å²) in [6.45, 7) is 0. The summed E-state index contributed by atoms with van der Waals surface area (Å²) in [7, 11) is 0. The van der Waals surface area contributed by atoms with Crippen LogP contribution < -0.4 is 5.73 Å². The van der Waals surface area contributed by atoms with E-state index in [1.54, 1.807) is 0 Å². The van der Waals surface area contributed by atoms with Gasteiger partial charge in [0.2, 0.25) is 5.13 Å². The average molecular weight is 209 g/mol. The average Bonchev–Trinajstić information content (AvgIpc) is 2.63. The fourth-order valence-electron chi connectivity index (χ4n) is 1.86. The molecule has 1 fully saturated rings. The lowest BCUT2D eigenvalue weighted by molar-refractivity contribution is 0.420. The third-order valence-corrected chi connectivity index (χ3v) is 3.33. The first-order chi connectivity index (χ1) is 6.84. The molecule has 1 aromatic heterocycles. The van der Waals surface area contributed by atoms with E-state index in [-0.39, 0.29) is 0 Å². The van der Waals surface area contributed by atoms with E-state index in [1.807, 2.05) is 0 Å². The van der Waals surface area contributed by atoms with Crippen LogP contribution >= 0.6 is 11.3 Å². The minimum absolute atomic E-state index is 0.549. The van der Waals surface area contributed by atoms with Crippen molar-refractivity contribution in [3.8, 4) is 0 Å². The molecule has 1 heterocycles. The zero-order chi connectivity index (χ0) is 9.80. The molecule has 0 aliphatic heterocycles. The Morgan fingerprint density at radius 3 is 2.64 bits per heavy atom. The van der Waals surface area contributed by atoms with Crippen molar-refractivity contribution in [2.75, 3.05) is 5.73 Å². The highest BCUT2D eigenvalue weighted by molar-refractivity contribution is 7.15. The fraction of sp³-hybridized carbons (Fsp3) is 0.600. The van der Waals surface area contributed by atoms with Crippen LogP contribution in [0.4, 0.5) is 5.13 Å². The highest BCUT2D eigenvalue weighted by Gasteiger charge is 2.09.